The quantitative estimate of drug-likeness (QED) is 0.819. The highest BCUT2D eigenvalue weighted by atomic mass is 35.5. The van der Waals surface area contributed by atoms with Gasteiger partial charge in [-0.3, -0.25) is 9.59 Å². The summed E-state index contributed by atoms with van der Waals surface area (Å²) in [7, 11) is 0. The molecule has 0 radical (unpaired) electrons. The van der Waals surface area contributed by atoms with E-state index in [1.165, 1.54) is 6.26 Å². The van der Waals surface area contributed by atoms with E-state index in [2.05, 4.69) is 5.32 Å². The lowest BCUT2D eigenvalue weighted by Crippen LogP contribution is -2.54. The van der Waals surface area contributed by atoms with Gasteiger partial charge in [-0.05, 0) is 42.0 Å². The lowest BCUT2D eigenvalue weighted by atomic mass is 9.93. The van der Waals surface area contributed by atoms with Crippen LogP contribution < -0.4 is 11.1 Å². The second-order valence-corrected chi connectivity index (χ2v) is 7.15. The molecule has 1 aromatic carbocycles. The smallest absolute Gasteiger partial charge is 0.290 e. The van der Waals surface area contributed by atoms with Gasteiger partial charge in [-0.15, -0.1) is 12.4 Å². The van der Waals surface area contributed by atoms with Gasteiger partial charge in [-0.25, -0.2) is 0 Å². The molecule has 1 fully saturated rings. The van der Waals surface area contributed by atoms with Gasteiger partial charge in [0.15, 0.2) is 5.76 Å². The first-order valence-corrected chi connectivity index (χ1v) is 9.08. The van der Waals surface area contributed by atoms with Gasteiger partial charge in [-0.2, -0.15) is 0 Å². The zero-order valence-corrected chi connectivity index (χ0v) is 15.8. The number of halogens is 1. The predicted octanol–water partition coefficient (Wildman–Crippen LogP) is 2.12. The van der Waals surface area contributed by atoms with Crippen LogP contribution in [0, 0.1) is 5.92 Å². The molecule has 144 valence electrons. The number of amides is 2. The zero-order chi connectivity index (χ0) is 18.1. The molecule has 2 aliphatic rings. The van der Waals surface area contributed by atoms with Crippen molar-refractivity contribution in [1.29, 1.82) is 0 Å². The molecule has 2 amide bonds. The third-order valence-corrected chi connectivity index (χ3v) is 5.28. The van der Waals surface area contributed by atoms with Gasteiger partial charge in [0, 0.05) is 25.6 Å². The van der Waals surface area contributed by atoms with E-state index in [1.807, 2.05) is 24.3 Å². The number of nitrogens with zero attached hydrogens (tertiary/aromatic N) is 1. The highest BCUT2D eigenvalue weighted by Gasteiger charge is 2.36. The molecule has 2 atom stereocenters. The van der Waals surface area contributed by atoms with E-state index < -0.39 is 6.04 Å². The molecule has 7 heteroatoms. The number of carbonyl (C=O) groups is 2. The normalized spacial score (nSPS) is 19.6. The number of hydrogen-bond acceptors (Lipinski definition) is 4. The Balaban J connectivity index is 0.00000210. The summed E-state index contributed by atoms with van der Waals surface area (Å²) in [6.45, 7) is 0.840. The first kappa shape index (κ1) is 19.5. The topological polar surface area (TPSA) is 88.6 Å². The van der Waals surface area contributed by atoms with Gasteiger partial charge in [0.05, 0.1) is 6.26 Å². The summed E-state index contributed by atoms with van der Waals surface area (Å²) in [4.78, 5) is 27.3. The van der Waals surface area contributed by atoms with Crippen molar-refractivity contribution < 1.29 is 14.0 Å². The third kappa shape index (κ3) is 4.17. The fraction of sp³-hybridized carbons (Fsp3) is 0.400. The second kappa shape index (κ2) is 8.15. The maximum atomic E-state index is 12.9. The minimum absolute atomic E-state index is 0. The molecule has 2 aromatic rings. The summed E-state index contributed by atoms with van der Waals surface area (Å²) >= 11 is 0. The molecule has 3 N–H and O–H groups in total. The van der Waals surface area contributed by atoms with Crippen molar-refractivity contribution in [2.24, 2.45) is 11.7 Å². The van der Waals surface area contributed by atoms with Crippen LogP contribution in [-0.2, 0) is 17.8 Å². The molecular weight excluding hydrogens is 366 g/mol. The number of benzene rings is 1. The number of nitrogens with one attached hydrogen (secondary N) is 1. The maximum Gasteiger partial charge on any atom is 0.290 e. The van der Waals surface area contributed by atoms with E-state index in [4.69, 9.17) is 10.2 Å². The van der Waals surface area contributed by atoms with Gasteiger partial charge < -0.3 is 20.4 Å². The van der Waals surface area contributed by atoms with Crippen LogP contribution in [0.25, 0.3) is 0 Å². The summed E-state index contributed by atoms with van der Waals surface area (Å²) in [6.07, 6.45) is 4.23. The standard InChI is InChI=1S/C20H23N3O3.ClH/c21-16(13-7-8-13)11-22-19(24)17-10-14-4-1-2-5-15(14)12-23(17)20(25)18-6-3-9-26-18;/h1-6,9,13,16-17H,7-8,10-12,21H2,(H,22,24);1H. The second-order valence-electron chi connectivity index (χ2n) is 7.15. The molecule has 1 saturated carbocycles. The van der Waals surface area contributed by atoms with E-state index in [1.54, 1.807) is 17.0 Å². The summed E-state index contributed by atoms with van der Waals surface area (Å²) in [5, 5.41) is 2.95. The average molecular weight is 390 g/mol. The fourth-order valence-electron chi connectivity index (χ4n) is 3.54. The summed E-state index contributed by atoms with van der Waals surface area (Å²) in [5.41, 5.74) is 8.26. The Hall–Kier alpha value is -2.31. The number of fused-ring (bicyclic) bond motifs is 1. The van der Waals surface area contributed by atoms with Crippen molar-refractivity contribution in [3.8, 4) is 0 Å². The summed E-state index contributed by atoms with van der Waals surface area (Å²) in [6, 6.07) is 10.6. The molecule has 4 rings (SSSR count). The van der Waals surface area contributed by atoms with Crippen LogP contribution in [-0.4, -0.2) is 35.3 Å². The van der Waals surface area contributed by atoms with Crippen molar-refractivity contribution in [3.05, 3.63) is 59.5 Å². The molecule has 2 unspecified atom stereocenters. The molecular formula is C20H24ClN3O3. The molecule has 1 aliphatic heterocycles. The molecule has 0 bridgehead atoms. The van der Waals surface area contributed by atoms with Gasteiger partial charge in [0.2, 0.25) is 5.91 Å². The Morgan fingerprint density at radius 2 is 1.93 bits per heavy atom. The van der Waals surface area contributed by atoms with E-state index in [-0.39, 0.29) is 36.0 Å². The summed E-state index contributed by atoms with van der Waals surface area (Å²) in [5.74, 6) is 0.340. The van der Waals surface area contributed by atoms with Crippen LogP contribution in [0.3, 0.4) is 0 Å². The lowest BCUT2D eigenvalue weighted by Gasteiger charge is -2.35. The average Bonchev–Trinajstić information content (AvgIpc) is 3.38. The molecule has 1 aromatic heterocycles. The number of nitrogens with two attached hydrogens (primary N) is 1. The largest absolute Gasteiger partial charge is 0.459 e. The van der Waals surface area contributed by atoms with Gasteiger partial charge in [-0.1, -0.05) is 24.3 Å². The van der Waals surface area contributed by atoms with Gasteiger partial charge >= 0.3 is 0 Å². The SMILES string of the molecule is Cl.NC(CNC(=O)C1Cc2ccccc2CN1C(=O)c1ccco1)C1CC1. The molecule has 0 spiro atoms. The Morgan fingerprint density at radius 1 is 1.19 bits per heavy atom. The lowest BCUT2D eigenvalue weighted by molar-refractivity contribution is -0.126. The molecule has 27 heavy (non-hydrogen) atoms. The third-order valence-electron chi connectivity index (χ3n) is 5.28. The van der Waals surface area contributed by atoms with Crippen molar-refractivity contribution >= 4 is 24.2 Å². The Bertz CT molecular complexity index is 805. The van der Waals surface area contributed by atoms with E-state index in [0.717, 1.165) is 24.0 Å². The monoisotopic (exact) mass is 389 g/mol. The molecule has 0 saturated heterocycles. The Morgan fingerprint density at radius 3 is 2.59 bits per heavy atom. The van der Waals surface area contributed by atoms with Crippen LogP contribution in [0.15, 0.2) is 47.1 Å². The van der Waals surface area contributed by atoms with Crippen LogP contribution in [0.1, 0.15) is 34.5 Å². The van der Waals surface area contributed by atoms with Gasteiger partial charge in [0.25, 0.3) is 5.91 Å². The van der Waals surface area contributed by atoms with Crippen molar-refractivity contribution in [2.45, 2.75) is 37.9 Å². The fourth-order valence-corrected chi connectivity index (χ4v) is 3.54. The van der Waals surface area contributed by atoms with Crippen LogP contribution >= 0.6 is 12.4 Å². The van der Waals surface area contributed by atoms with Crippen molar-refractivity contribution in [2.75, 3.05) is 6.54 Å². The first-order valence-electron chi connectivity index (χ1n) is 9.08. The van der Waals surface area contributed by atoms with E-state index in [9.17, 15) is 9.59 Å². The number of furan rings is 1. The van der Waals surface area contributed by atoms with E-state index in [0.29, 0.717) is 25.4 Å². The number of hydrogen-bond donors (Lipinski definition) is 2. The molecule has 6 nitrogen and oxygen atoms in total. The highest BCUT2D eigenvalue weighted by molar-refractivity contribution is 5.96. The van der Waals surface area contributed by atoms with Crippen molar-refractivity contribution in [1.82, 2.24) is 10.2 Å². The van der Waals surface area contributed by atoms with Gasteiger partial charge in [0.1, 0.15) is 6.04 Å². The van der Waals surface area contributed by atoms with Crippen molar-refractivity contribution in [3.63, 3.8) is 0 Å². The summed E-state index contributed by atoms with van der Waals surface area (Å²) < 4.78 is 5.26. The predicted molar refractivity (Wildman–Crippen MR) is 103 cm³/mol. The Labute approximate surface area is 164 Å². The Kier molecular flexibility index (Phi) is 5.87. The highest BCUT2D eigenvalue weighted by Crippen LogP contribution is 2.31. The van der Waals surface area contributed by atoms with Crippen LogP contribution in [0.5, 0.6) is 0 Å². The molecule has 2 heterocycles. The van der Waals surface area contributed by atoms with Crippen LogP contribution in [0.4, 0.5) is 0 Å². The maximum absolute atomic E-state index is 12.9. The van der Waals surface area contributed by atoms with Crippen LogP contribution in [0.2, 0.25) is 0 Å². The van der Waals surface area contributed by atoms with E-state index >= 15 is 0 Å². The first-order chi connectivity index (χ1) is 12.6. The minimum Gasteiger partial charge on any atom is -0.459 e. The minimum atomic E-state index is -0.561. The number of carbonyl (C=O) groups excluding carboxylic acids is 2. The molecule has 1 aliphatic carbocycles. The number of rotatable bonds is 5. The zero-order valence-electron chi connectivity index (χ0n) is 15.0.